The van der Waals surface area contributed by atoms with Crippen LogP contribution in [-0.2, 0) is 0 Å². The van der Waals surface area contributed by atoms with E-state index in [1.165, 1.54) is 0 Å². The minimum Gasteiger partial charge on any atom is -0.497 e. The van der Waals surface area contributed by atoms with Gasteiger partial charge < -0.3 is 20.7 Å². The molecule has 2 rings (SSSR count). The fourth-order valence-electron chi connectivity index (χ4n) is 2.30. The molecule has 1 fully saturated rings. The van der Waals surface area contributed by atoms with E-state index in [0.29, 0.717) is 12.0 Å². The van der Waals surface area contributed by atoms with Crippen LogP contribution in [0.5, 0.6) is 5.75 Å². The molecule has 3 N–H and O–H groups in total. The Morgan fingerprint density at radius 3 is 2.58 bits per heavy atom. The molecule has 0 atom stereocenters. The quantitative estimate of drug-likeness (QED) is 0.871. The molecule has 1 saturated carbocycles. The molecule has 0 heterocycles. The summed E-state index contributed by atoms with van der Waals surface area (Å²) in [5, 5.41) is 2.86. The summed E-state index contributed by atoms with van der Waals surface area (Å²) in [4.78, 5) is 13.7. The first-order valence-corrected chi connectivity index (χ1v) is 6.50. The van der Waals surface area contributed by atoms with Gasteiger partial charge in [-0.3, -0.25) is 0 Å². The van der Waals surface area contributed by atoms with Crippen LogP contribution in [0.3, 0.4) is 0 Å². The Morgan fingerprint density at radius 2 is 2.05 bits per heavy atom. The van der Waals surface area contributed by atoms with Gasteiger partial charge in [0.1, 0.15) is 5.75 Å². The molecule has 1 aliphatic rings. The largest absolute Gasteiger partial charge is 0.497 e. The maximum absolute atomic E-state index is 12.0. The number of hydrogen-bond donors (Lipinski definition) is 2. The summed E-state index contributed by atoms with van der Waals surface area (Å²) in [5.74, 6) is 1.32. The lowest BCUT2D eigenvalue weighted by Crippen LogP contribution is -2.44. The second kappa shape index (κ2) is 5.93. The van der Waals surface area contributed by atoms with Crippen molar-refractivity contribution in [2.45, 2.75) is 18.9 Å². The maximum Gasteiger partial charge on any atom is 0.321 e. The fraction of sp³-hybridized carbons (Fsp3) is 0.500. The number of hydrogen-bond acceptors (Lipinski definition) is 3. The summed E-state index contributed by atoms with van der Waals surface area (Å²) in [6.45, 7) is 0.760. The second-order valence-corrected chi connectivity index (χ2v) is 5.14. The molecule has 0 aromatic heterocycles. The molecule has 1 aromatic rings. The zero-order chi connectivity index (χ0) is 13.8. The summed E-state index contributed by atoms with van der Waals surface area (Å²) in [6, 6.07) is 7.52. The Balaban J connectivity index is 1.81. The highest BCUT2D eigenvalue weighted by Crippen LogP contribution is 2.26. The predicted molar refractivity (Wildman–Crippen MR) is 75.3 cm³/mol. The third-order valence-electron chi connectivity index (χ3n) is 3.49. The summed E-state index contributed by atoms with van der Waals surface area (Å²) in [5.41, 5.74) is 6.51. The van der Waals surface area contributed by atoms with Crippen molar-refractivity contribution in [2.75, 3.05) is 26.0 Å². The molecule has 0 unspecified atom stereocenters. The van der Waals surface area contributed by atoms with Gasteiger partial charge in [-0.05, 0) is 43.0 Å². The van der Waals surface area contributed by atoms with E-state index < -0.39 is 0 Å². The van der Waals surface area contributed by atoms with Crippen molar-refractivity contribution in [2.24, 2.45) is 11.7 Å². The van der Waals surface area contributed by atoms with Gasteiger partial charge in [-0.1, -0.05) is 0 Å². The number of carbonyl (C=O) groups is 1. The van der Waals surface area contributed by atoms with E-state index in [-0.39, 0.29) is 6.03 Å². The Kier molecular flexibility index (Phi) is 4.27. The van der Waals surface area contributed by atoms with E-state index in [4.69, 9.17) is 10.5 Å². The molecule has 5 heteroatoms. The first-order chi connectivity index (χ1) is 9.08. The number of anilines is 1. The average Bonchev–Trinajstić information content (AvgIpc) is 2.37. The molecule has 104 valence electrons. The van der Waals surface area contributed by atoms with Gasteiger partial charge in [-0.25, -0.2) is 4.79 Å². The number of benzene rings is 1. The first kappa shape index (κ1) is 13.7. The molecule has 0 saturated heterocycles. The monoisotopic (exact) mass is 263 g/mol. The molecular weight excluding hydrogens is 242 g/mol. The van der Waals surface area contributed by atoms with Gasteiger partial charge in [0.05, 0.1) is 7.11 Å². The number of methoxy groups -OCH3 is 1. The highest BCUT2D eigenvalue weighted by molar-refractivity contribution is 5.89. The Labute approximate surface area is 113 Å². The Bertz CT molecular complexity index is 427. The van der Waals surface area contributed by atoms with Crippen molar-refractivity contribution in [3.63, 3.8) is 0 Å². The van der Waals surface area contributed by atoms with Crippen molar-refractivity contribution in [1.29, 1.82) is 0 Å². The van der Waals surface area contributed by atoms with Gasteiger partial charge in [0.15, 0.2) is 0 Å². The molecule has 5 nitrogen and oxygen atoms in total. The molecule has 1 aliphatic carbocycles. The highest BCUT2D eigenvalue weighted by Gasteiger charge is 2.27. The Hall–Kier alpha value is -1.75. The summed E-state index contributed by atoms with van der Waals surface area (Å²) in [7, 11) is 3.42. The number of nitrogens with zero attached hydrogens (tertiary/aromatic N) is 1. The lowest BCUT2D eigenvalue weighted by molar-refractivity contribution is 0.181. The SMILES string of the molecule is COc1ccc(NC(=O)N(C)CC2CC(N)C2)cc1. The van der Waals surface area contributed by atoms with Crippen LogP contribution in [0.2, 0.25) is 0 Å². The first-order valence-electron chi connectivity index (χ1n) is 6.50. The number of nitrogens with one attached hydrogen (secondary N) is 1. The zero-order valence-electron chi connectivity index (χ0n) is 11.4. The van der Waals surface area contributed by atoms with Crippen LogP contribution in [0, 0.1) is 5.92 Å². The third-order valence-corrected chi connectivity index (χ3v) is 3.49. The van der Waals surface area contributed by atoms with Crippen molar-refractivity contribution in [3.05, 3.63) is 24.3 Å². The smallest absolute Gasteiger partial charge is 0.321 e. The number of rotatable bonds is 4. The predicted octanol–water partition coefficient (Wildman–Crippen LogP) is 1.90. The fourth-order valence-corrected chi connectivity index (χ4v) is 2.30. The number of ether oxygens (including phenoxy) is 1. The van der Waals surface area contributed by atoms with E-state index in [1.54, 1.807) is 12.0 Å². The van der Waals surface area contributed by atoms with Gasteiger partial charge in [-0.15, -0.1) is 0 Å². The number of nitrogens with two attached hydrogens (primary N) is 1. The van der Waals surface area contributed by atoms with Gasteiger partial charge in [-0.2, -0.15) is 0 Å². The number of carbonyl (C=O) groups excluding carboxylic acids is 1. The van der Waals surface area contributed by atoms with Crippen molar-refractivity contribution in [3.8, 4) is 5.75 Å². The van der Waals surface area contributed by atoms with Crippen molar-refractivity contribution >= 4 is 11.7 Å². The minimum atomic E-state index is -0.0920. The molecular formula is C14H21N3O2. The molecule has 19 heavy (non-hydrogen) atoms. The molecule has 0 spiro atoms. The normalized spacial score (nSPS) is 21.4. The van der Waals surface area contributed by atoms with Crippen LogP contribution in [0.15, 0.2) is 24.3 Å². The van der Waals surface area contributed by atoms with Crippen molar-refractivity contribution in [1.82, 2.24) is 4.90 Å². The van der Waals surface area contributed by atoms with Crippen molar-refractivity contribution < 1.29 is 9.53 Å². The lowest BCUT2D eigenvalue weighted by Gasteiger charge is -2.35. The maximum atomic E-state index is 12.0. The van der Waals surface area contributed by atoms with E-state index in [9.17, 15) is 4.79 Å². The summed E-state index contributed by atoms with van der Waals surface area (Å²) in [6.07, 6.45) is 2.03. The number of amides is 2. The van der Waals surface area contributed by atoms with E-state index in [2.05, 4.69) is 5.32 Å². The molecule has 0 bridgehead atoms. The Morgan fingerprint density at radius 1 is 1.42 bits per heavy atom. The highest BCUT2D eigenvalue weighted by atomic mass is 16.5. The molecule has 1 aromatic carbocycles. The lowest BCUT2D eigenvalue weighted by atomic mass is 9.81. The minimum absolute atomic E-state index is 0.0920. The van der Waals surface area contributed by atoms with Crippen LogP contribution in [-0.4, -0.2) is 37.7 Å². The third kappa shape index (κ3) is 3.61. The standard InChI is InChI=1S/C14H21N3O2/c1-17(9-10-7-11(15)8-10)14(18)16-12-3-5-13(19-2)6-4-12/h3-6,10-11H,7-9,15H2,1-2H3,(H,16,18). The van der Waals surface area contributed by atoms with Crippen LogP contribution in [0.1, 0.15) is 12.8 Å². The van der Waals surface area contributed by atoms with Crippen LogP contribution < -0.4 is 15.8 Å². The van der Waals surface area contributed by atoms with Gasteiger partial charge >= 0.3 is 6.03 Å². The van der Waals surface area contributed by atoms with Crippen LogP contribution >= 0.6 is 0 Å². The van der Waals surface area contributed by atoms with E-state index >= 15 is 0 Å². The average molecular weight is 263 g/mol. The van der Waals surface area contributed by atoms with E-state index in [1.807, 2.05) is 31.3 Å². The van der Waals surface area contributed by atoms with Crippen LogP contribution in [0.4, 0.5) is 10.5 Å². The molecule has 2 amide bonds. The molecule has 0 aliphatic heterocycles. The van der Waals surface area contributed by atoms with Gasteiger partial charge in [0.25, 0.3) is 0 Å². The summed E-state index contributed by atoms with van der Waals surface area (Å²) >= 11 is 0. The second-order valence-electron chi connectivity index (χ2n) is 5.14. The number of urea groups is 1. The topological polar surface area (TPSA) is 67.6 Å². The van der Waals surface area contributed by atoms with E-state index in [0.717, 1.165) is 30.8 Å². The van der Waals surface area contributed by atoms with Gasteiger partial charge in [0.2, 0.25) is 0 Å². The zero-order valence-corrected chi connectivity index (χ0v) is 11.4. The van der Waals surface area contributed by atoms with Gasteiger partial charge in [0, 0.05) is 25.3 Å². The van der Waals surface area contributed by atoms with Crippen LogP contribution in [0.25, 0.3) is 0 Å². The summed E-state index contributed by atoms with van der Waals surface area (Å²) < 4.78 is 5.07. The molecule has 0 radical (unpaired) electrons.